The number of nitrogens with zero attached hydrogens (tertiary/aromatic N) is 3. The zero-order valence-electron chi connectivity index (χ0n) is 22.0. The van der Waals surface area contributed by atoms with E-state index in [-0.39, 0.29) is 0 Å². The number of guanidine groups is 1. The number of unbranched alkanes of at least 4 members (excludes halogenated alkanes) is 6. The van der Waals surface area contributed by atoms with Crippen LogP contribution in [0.25, 0.3) is 0 Å². The second kappa shape index (κ2) is 23.1. The summed E-state index contributed by atoms with van der Waals surface area (Å²) >= 11 is 0. The van der Waals surface area contributed by atoms with E-state index in [1.807, 2.05) is 0 Å². The van der Waals surface area contributed by atoms with Crippen LogP contribution >= 0.6 is 0 Å². The number of aliphatic imine (C=N–C) groups is 1. The van der Waals surface area contributed by atoms with Crippen molar-refractivity contribution in [1.29, 1.82) is 0 Å². The zero-order valence-corrected chi connectivity index (χ0v) is 22.0. The van der Waals surface area contributed by atoms with E-state index in [2.05, 4.69) is 46.4 Å². The molecular formula is C26H57N3O. The summed E-state index contributed by atoms with van der Waals surface area (Å²) in [5, 5.41) is 8.25. The van der Waals surface area contributed by atoms with Crippen molar-refractivity contribution in [3.8, 4) is 0 Å². The minimum Gasteiger partial charge on any atom is -0.857 e. The van der Waals surface area contributed by atoms with Gasteiger partial charge in [-0.3, -0.25) is 4.48 Å². The summed E-state index contributed by atoms with van der Waals surface area (Å²) in [6.45, 7) is 21.1. The van der Waals surface area contributed by atoms with Gasteiger partial charge in [0.25, 0.3) is 5.96 Å². The number of rotatable bonds is 18. The van der Waals surface area contributed by atoms with Gasteiger partial charge in [-0.05, 0) is 38.5 Å². The highest BCUT2D eigenvalue weighted by atomic mass is 16.2. The maximum atomic E-state index is 8.25. The van der Waals surface area contributed by atoms with Crippen LogP contribution in [0.3, 0.4) is 0 Å². The summed E-state index contributed by atoms with van der Waals surface area (Å²) < 4.78 is 1.15. The van der Waals surface area contributed by atoms with Gasteiger partial charge in [-0.1, -0.05) is 80.1 Å². The van der Waals surface area contributed by atoms with Crippen molar-refractivity contribution < 1.29 is 9.59 Å². The van der Waals surface area contributed by atoms with Crippen molar-refractivity contribution in [3.63, 3.8) is 0 Å². The average molecular weight is 428 g/mol. The lowest BCUT2D eigenvalue weighted by molar-refractivity contribution is -0.848. The molecule has 0 aliphatic rings. The molecule has 0 bridgehead atoms. The molecule has 0 aliphatic heterocycles. The van der Waals surface area contributed by atoms with Crippen molar-refractivity contribution in [2.75, 3.05) is 46.4 Å². The summed E-state index contributed by atoms with van der Waals surface area (Å²) in [4.78, 5) is 8.08. The Morgan fingerprint density at radius 1 is 0.600 bits per heavy atom. The van der Waals surface area contributed by atoms with Gasteiger partial charge >= 0.3 is 0 Å². The van der Waals surface area contributed by atoms with Crippen LogP contribution in [0.5, 0.6) is 0 Å². The Kier molecular flexibility index (Phi) is 24.3. The number of hydrogen-bond donors (Lipinski definition) is 0. The summed E-state index contributed by atoms with van der Waals surface area (Å²) in [5.74, 6) is 1.45. The van der Waals surface area contributed by atoms with Crippen LogP contribution in [0.15, 0.2) is 4.99 Å². The maximum absolute atomic E-state index is 8.25. The molecule has 0 atom stereocenters. The van der Waals surface area contributed by atoms with Gasteiger partial charge in [0.15, 0.2) is 0 Å². The van der Waals surface area contributed by atoms with Crippen LogP contribution in [0.1, 0.15) is 119 Å². The first-order valence-electron chi connectivity index (χ1n) is 13.2. The van der Waals surface area contributed by atoms with Gasteiger partial charge in [-0.25, -0.2) is 4.99 Å². The van der Waals surface area contributed by atoms with Gasteiger partial charge in [-0.2, -0.15) is 7.11 Å². The average Bonchev–Trinajstić information content (AvgIpc) is 2.79. The van der Waals surface area contributed by atoms with E-state index in [4.69, 9.17) is 10.1 Å². The van der Waals surface area contributed by atoms with Crippen LogP contribution < -0.4 is 5.11 Å². The van der Waals surface area contributed by atoms with Crippen molar-refractivity contribution in [1.82, 2.24) is 4.90 Å². The Balaban J connectivity index is 0. The molecule has 30 heavy (non-hydrogen) atoms. The summed E-state index contributed by atoms with van der Waals surface area (Å²) in [6.07, 6.45) is 15.3. The second-order valence-corrected chi connectivity index (χ2v) is 8.61. The van der Waals surface area contributed by atoms with Crippen LogP contribution in [0.2, 0.25) is 0 Å². The molecule has 182 valence electrons. The molecule has 0 aromatic rings. The molecule has 0 N–H and O–H groups in total. The monoisotopic (exact) mass is 427 g/mol. The SMILES string of the molecule is CCCCN=C(N(CCCC)CCCC)[N+](CCCC)(CCCC)CCCC.C[O-]. The molecule has 0 aromatic heterocycles. The predicted molar refractivity (Wildman–Crippen MR) is 134 cm³/mol. The Morgan fingerprint density at radius 3 is 1.30 bits per heavy atom. The van der Waals surface area contributed by atoms with Crippen molar-refractivity contribution in [2.45, 2.75) is 119 Å². The smallest absolute Gasteiger partial charge is 0.300 e. The van der Waals surface area contributed by atoms with Gasteiger partial charge in [0.05, 0.1) is 19.6 Å². The topological polar surface area (TPSA) is 38.7 Å². The Bertz CT molecular complexity index is 342. The van der Waals surface area contributed by atoms with Gasteiger partial charge < -0.3 is 10.0 Å². The van der Waals surface area contributed by atoms with Crippen LogP contribution in [0.4, 0.5) is 0 Å². The molecule has 4 heteroatoms. The lowest BCUT2D eigenvalue weighted by Gasteiger charge is -2.43. The molecule has 4 nitrogen and oxygen atoms in total. The molecular weight excluding hydrogens is 370 g/mol. The van der Waals surface area contributed by atoms with E-state index in [0.29, 0.717) is 0 Å². The first-order chi connectivity index (χ1) is 14.7. The molecule has 0 heterocycles. The van der Waals surface area contributed by atoms with Crippen molar-refractivity contribution >= 4 is 5.96 Å². The standard InChI is InChI=1S/C25H54N3.CH3O/c1-7-13-19-26-25(27(20-14-8-2)21-15-9-3)28(22-16-10-4,23-17-11-5)24-18-12-6;1-2/h7-24H2,1-6H3;1H3/q+1;-1. The van der Waals surface area contributed by atoms with E-state index in [1.165, 1.54) is 116 Å². The third-order valence-electron chi connectivity index (χ3n) is 5.85. The largest absolute Gasteiger partial charge is 0.857 e. The number of quaternary nitrogens is 1. The van der Waals surface area contributed by atoms with E-state index >= 15 is 0 Å². The second-order valence-electron chi connectivity index (χ2n) is 8.61. The van der Waals surface area contributed by atoms with Crippen molar-refractivity contribution in [3.05, 3.63) is 0 Å². The van der Waals surface area contributed by atoms with Gasteiger partial charge in [0, 0.05) is 19.6 Å². The summed E-state index contributed by atoms with van der Waals surface area (Å²) in [5.41, 5.74) is 0. The predicted octanol–water partition coefficient (Wildman–Crippen LogP) is 6.24. The highest BCUT2D eigenvalue weighted by Crippen LogP contribution is 2.20. The molecule has 0 aromatic carbocycles. The summed E-state index contributed by atoms with van der Waals surface area (Å²) in [6, 6.07) is 0. The third kappa shape index (κ3) is 13.6. The van der Waals surface area contributed by atoms with E-state index < -0.39 is 0 Å². The lowest BCUT2D eigenvalue weighted by atomic mass is 10.1. The molecule has 0 spiro atoms. The third-order valence-corrected chi connectivity index (χ3v) is 5.85. The first kappa shape index (κ1) is 31.6. The molecule has 0 amide bonds. The Morgan fingerprint density at radius 2 is 0.967 bits per heavy atom. The summed E-state index contributed by atoms with van der Waals surface area (Å²) in [7, 11) is 0.750. The Hall–Kier alpha value is -0.610. The van der Waals surface area contributed by atoms with E-state index in [0.717, 1.165) is 18.1 Å². The van der Waals surface area contributed by atoms with Gasteiger partial charge in [-0.15, -0.1) is 0 Å². The van der Waals surface area contributed by atoms with Crippen LogP contribution in [0, 0.1) is 0 Å². The highest BCUT2D eigenvalue weighted by molar-refractivity contribution is 5.73. The lowest BCUT2D eigenvalue weighted by Crippen LogP contribution is -2.61. The van der Waals surface area contributed by atoms with Crippen molar-refractivity contribution in [2.24, 2.45) is 4.99 Å². The first-order valence-corrected chi connectivity index (χ1v) is 13.2. The van der Waals surface area contributed by atoms with Crippen LogP contribution in [-0.4, -0.2) is 61.7 Å². The highest BCUT2D eigenvalue weighted by Gasteiger charge is 2.36. The maximum Gasteiger partial charge on any atom is 0.300 e. The minimum absolute atomic E-state index is 0.750. The molecule has 0 saturated heterocycles. The molecule has 0 aliphatic carbocycles. The molecule has 0 rings (SSSR count). The molecule has 0 saturated carbocycles. The van der Waals surface area contributed by atoms with Crippen LogP contribution in [-0.2, 0) is 0 Å². The fourth-order valence-electron chi connectivity index (χ4n) is 3.91. The molecule has 0 radical (unpaired) electrons. The van der Waals surface area contributed by atoms with Gasteiger partial charge in [0.2, 0.25) is 0 Å². The van der Waals surface area contributed by atoms with E-state index in [9.17, 15) is 0 Å². The normalized spacial score (nSPS) is 11.9. The zero-order chi connectivity index (χ0) is 23.1. The Labute approximate surface area is 190 Å². The minimum atomic E-state index is 0.750. The molecule has 0 fully saturated rings. The fourth-order valence-corrected chi connectivity index (χ4v) is 3.91. The number of hydrogen-bond acceptors (Lipinski definition) is 2. The molecule has 0 unspecified atom stereocenters. The van der Waals surface area contributed by atoms with Gasteiger partial charge in [0.1, 0.15) is 0 Å². The van der Waals surface area contributed by atoms with E-state index in [1.54, 1.807) is 0 Å². The quantitative estimate of drug-likeness (QED) is 0.112. The fraction of sp³-hybridized carbons (Fsp3) is 0.962.